The first-order chi connectivity index (χ1) is 12.6. The first-order valence-electron chi connectivity index (χ1n) is 8.94. The summed E-state index contributed by atoms with van der Waals surface area (Å²) in [7, 11) is 1.81. The lowest BCUT2D eigenvalue weighted by Crippen LogP contribution is -2.33. The van der Waals surface area contributed by atoms with Crippen molar-refractivity contribution in [2.45, 2.75) is 25.2 Å². The van der Waals surface area contributed by atoms with Crippen LogP contribution in [0.1, 0.15) is 30.1 Å². The Bertz CT molecular complexity index is 816. The van der Waals surface area contributed by atoms with Crippen LogP contribution in [0.15, 0.2) is 18.2 Å². The number of hydrogen-bond acceptors (Lipinski definition) is 5. The standard InChI is InChI=1S/C18H22ClN5O2/c1-24-18(21-16(23-24)11-4-6-20-7-5-11)22-17(25)13-8-12-9-14(19)2-3-15(12)26-10-13/h2-3,9,11,13,20H,4-8,10H2,1H3,(H,21,22,23,25). The van der Waals surface area contributed by atoms with Crippen LogP contribution in [0.2, 0.25) is 5.02 Å². The van der Waals surface area contributed by atoms with Crippen molar-refractivity contribution >= 4 is 23.5 Å². The molecule has 0 aliphatic carbocycles. The van der Waals surface area contributed by atoms with Crippen molar-refractivity contribution in [3.63, 3.8) is 0 Å². The number of halogens is 1. The molecule has 8 heteroatoms. The van der Waals surface area contributed by atoms with Gasteiger partial charge in [-0.1, -0.05) is 11.6 Å². The molecule has 26 heavy (non-hydrogen) atoms. The Kier molecular flexibility index (Phi) is 4.82. The number of piperidine rings is 1. The molecule has 7 nitrogen and oxygen atoms in total. The van der Waals surface area contributed by atoms with Gasteiger partial charge in [0.15, 0.2) is 5.82 Å². The Balaban J connectivity index is 1.44. The summed E-state index contributed by atoms with van der Waals surface area (Å²) in [6.45, 7) is 2.30. The summed E-state index contributed by atoms with van der Waals surface area (Å²) in [5.41, 5.74) is 0.956. The second-order valence-electron chi connectivity index (χ2n) is 6.89. The zero-order valence-electron chi connectivity index (χ0n) is 14.7. The van der Waals surface area contributed by atoms with E-state index in [1.165, 1.54) is 0 Å². The molecule has 1 saturated heterocycles. The Morgan fingerprint density at radius 1 is 1.38 bits per heavy atom. The largest absolute Gasteiger partial charge is 0.492 e. The molecule has 1 aromatic heterocycles. The minimum absolute atomic E-state index is 0.108. The number of carbonyl (C=O) groups is 1. The van der Waals surface area contributed by atoms with Gasteiger partial charge in [-0.05, 0) is 56.1 Å². The summed E-state index contributed by atoms with van der Waals surface area (Å²) in [5.74, 6) is 2.05. The molecule has 2 aliphatic rings. The number of hydrogen-bond donors (Lipinski definition) is 2. The molecule has 4 rings (SSSR count). The SMILES string of the molecule is Cn1nc(C2CCNCC2)nc1NC(=O)C1COc2ccc(Cl)cc2C1. The third-order valence-electron chi connectivity index (χ3n) is 5.02. The fourth-order valence-corrected chi connectivity index (χ4v) is 3.70. The lowest BCUT2D eigenvalue weighted by Gasteiger charge is -2.24. The third-order valence-corrected chi connectivity index (χ3v) is 5.25. The van der Waals surface area contributed by atoms with Gasteiger partial charge in [0.25, 0.3) is 0 Å². The number of aromatic nitrogens is 3. The van der Waals surface area contributed by atoms with Gasteiger partial charge in [0.05, 0.1) is 5.92 Å². The van der Waals surface area contributed by atoms with Crippen LogP contribution in [0.4, 0.5) is 5.95 Å². The predicted octanol–water partition coefficient (Wildman–Crippen LogP) is 2.13. The number of nitrogens with zero attached hydrogens (tertiary/aromatic N) is 3. The highest BCUT2D eigenvalue weighted by atomic mass is 35.5. The summed E-state index contributed by atoms with van der Waals surface area (Å²) in [5, 5.41) is 11.4. The van der Waals surface area contributed by atoms with Crippen molar-refractivity contribution < 1.29 is 9.53 Å². The van der Waals surface area contributed by atoms with Crippen LogP contribution < -0.4 is 15.4 Å². The summed E-state index contributed by atoms with van der Waals surface area (Å²) in [6.07, 6.45) is 2.64. The number of rotatable bonds is 3. The quantitative estimate of drug-likeness (QED) is 0.858. The van der Waals surface area contributed by atoms with E-state index in [0.717, 1.165) is 43.1 Å². The molecule has 1 atom stereocenters. The van der Waals surface area contributed by atoms with E-state index in [-0.39, 0.29) is 11.8 Å². The van der Waals surface area contributed by atoms with Gasteiger partial charge in [0.1, 0.15) is 12.4 Å². The molecule has 1 aromatic carbocycles. The minimum Gasteiger partial charge on any atom is -0.492 e. The second kappa shape index (κ2) is 7.25. The summed E-state index contributed by atoms with van der Waals surface area (Å²) in [4.78, 5) is 17.2. The molecule has 1 fully saturated rings. The van der Waals surface area contributed by atoms with E-state index < -0.39 is 0 Å². The Morgan fingerprint density at radius 2 is 2.19 bits per heavy atom. The predicted molar refractivity (Wildman–Crippen MR) is 98.6 cm³/mol. The van der Waals surface area contributed by atoms with Gasteiger partial charge in [-0.25, -0.2) is 4.68 Å². The number of benzene rings is 1. The number of fused-ring (bicyclic) bond motifs is 1. The van der Waals surface area contributed by atoms with Crippen molar-refractivity contribution in [1.82, 2.24) is 20.1 Å². The lowest BCUT2D eigenvalue weighted by atomic mass is 9.96. The Morgan fingerprint density at radius 3 is 3.00 bits per heavy atom. The van der Waals surface area contributed by atoms with E-state index >= 15 is 0 Å². The highest BCUT2D eigenvalue weighted by molar-refractivity contribution is 6.30. The molecule has 0 bridgehead atoms. The van der Waals surface area contributed by atoms with Gasteiger partial charge in [0.2, 0.25) is 11.9 Å². The number of anilines is 1. The molecular formula is C18H22ClN5O2. The fraction of sp³-hybridized carbons (Fsp3) is 0.500. The van der Waals surface area contributed by atoms with Gasteiger partial charge in [0, 0.05) is 18.0 Å². The van der Waals surface area contributed by atoms with Gasteiger partial charge in [-0.15, -0.1) is 0 Å². The maximum atomic E-state index is 12.7. The summed E-state index contributed by atoms with van der Waals surface area (Å²) >= 11 is 6.05. The molecule has 2 aliphatic heterocycles. The number of amides is 1. The molecule has 1 unspecified atom stereocenters. The van der Waals surface area contributed by atoms with Crippen LogP contribution in [0.5, 0.6) is 5.75 Å². The highest BCUT2D eigenvalue weighted by Crippen LogP contribution is 2.30. The minimum atomic E-state index is -0.278. The molecule has 0 radical (unpaired) electrons. The van der Waals surface area contributed by atoms with E-state index in [9.17, 15) is 4.79 Å². The number of nitrogens with one attached hydrogen (secondary N) is 2. The van der Waals surface area contributed by atoms with Crippen molar-refractivity contribution in [1.29, 1.82) is 0 Å². The summed E-state index contributed by atoms with van der Waals surface area (Å²) in [6, 6.07) is 5.50. The van der Waals surface area contributed by atoms with Crippen molar-refractivity contribution in [2.75, 3.05) is 25.0 Å². The maximum Gasteiger partial charge on any atom is 0.233 e. The fourth-order valence-electron chi connectivity index (χ4n) is 3.51. The van der Waals surface area contributed by atoms with Crippen LogP contribution in [0, 0.1) is 5.92 Å². The molecule has 1 amide bonds. The first kappa shape index (κ1) is 17.3. The molecule has 3 heterocycles. The molecule has 0 spiro atoms. The van der Waals surface area contributed by atoms with E-state index in [1.54, 1.807) is 17.8 Å². The zero-order valence-corrected chi connectivity index (χ0v) is 15.4. The topological polar surface area (TPSA) is 81.1 Å². The zero-order chi connectivity index (χ0) is 18.1. The van der Waals surface area contributed by atoms with Gasteiger partial charge in [-0.3, -0.25) is 10.1 Å². The van der Waals surface area contributed by atoms with Gasteiger partial charge in [-0.2, -0.15) is 10.1 Å². The maximum absolute atomic E-state index is 12.7. The number of carbonyl (C=O) groups excluding carboxylic acids is 1. The average Bonchev–Trinajstić information content (AvgIpc) is 3.02. The van der Waals surface area contributed by atoms with E-state index in [4.69, 9.17) is 16.3 Å². The van der Waals surface area contributed by atoms with Crippen molar-refractivity contribution in [3.05, 3.63) is 34.6 Å². The first-order valence-corrected chi connectivity index (χ1v) is 9.31. The second-order valence-corrected chi connectivity index (χ2v) is 7.33. The van der Waals surface area contributed by atoms with Crippen LogP contribution >= 0.6 is 11.6 Å². The average molecular weight is 376 g/mol. The number of aryl methyl sites for hydroxylation is 1. The summed E-state index contributed by atoms with van der Waals surface area (Å²) < 4.78 is 7.35. The molecule has 2 aromatic rings. The van der Waals surface area contributed by atoms with Crippen LogP contribution in [-0.2, 0) is 18.3 Å². The van der Waals surface area contributed by atoms with Crippen LogP contribution in [0.3, 0.4) is 0 Å². The monoisotopic (exact) mass is 375 g/mol. The highest BCUT2D eigenvalue weighted by Gasteiger charge is 2.28. The van der Waals surface area contributed by atoms with Gasteiger partial charge < -0.3 is 10.1 Å². The molecule has 138 valence electrons. The lowest BCUT2D eigenvalue weighted by molar-refractivity contribution is -0.121. The van der Waals surface area contributed by atoms with Crippen molar-refractivity contribution in [3.8, 4) is 5.75 Å². The van der Waals surface area contributed by atoms with E-state index in [0.29, 0.717) is 29.9 Å². The smallest absolute Gasteiger partial charge is 0.233 e. The van der Waals surface area contributed by atoms with Crippen molar-refractivity contribution in [2.24, 2.45) is 13.0 Å². The van der Waals surface area contributed by atoms with E-state index in [2.05, 4.69) is 20.7 Å². The number of ether oxygens (including phenoxy) is 1. The molecule has 0 saturated carbocycles. The van der Waals surface area contributed by atoms with Crippen LogP contribution in [-0.4, -0.2) is 40.4 Å². The van der Waals surface area contributed by atoms with E-state index in [1.807, 2.05) is 12.1 Å². The Hall–Kier alpha value is -2.12. The third kappa shape index (κ3) is 3.54. The normalized spacial score (nSPS) is 20.3. The van der Waals surface area contributed by atoms with Crippen LogP contribution in [0.25, 0.3) is 0 Å². The molecule has 2 N–H and O–H groups in total. The van der Waals surface area contributed by atoms with Gasteiger partial charge >= 0.3 is 0 Å². The Labute approximate surface area is 157 Å². The molecular weight excluding hydrogens is 354 g/mol.